The van der Waals surface area contributed by atoms with Crippen LogP contribution in [0, 0.1) is 5.92 Å². The second-order valence-corrected chi connectivity index (χ2v) is 8.09. The van der Waals surface area contributed by atoms with Crippen molar-refractivity contribution in [2.75, 3.05) is 11.9 Å². The zero-order valence-electron chi connectivity index (χ0n) is 17.1. The van der Waals surface area contributed by atoms with E-state index >= 15 is 0 Å². The number of hydrogen-bond donors (Lipinski definition) is 2. The Labute approximate surface area is 177 Å². The molecule has 0 heterocycles. The van der Waals surface area contributed by atoms with Crippen LogP contribution in [-0.4, -0.2) is 18.4 Å². The lowest BCUT2D eigenvalue weighted by Gasteiger charge is -2.31. The maximum atomic E-state index is 12.8. The molecule has 0 radical (unpaired) electrons. The van der Waals surface area contributed by atoms with Crippen LogP contribution in [0.5, 0.6) is 0 Å². The van der Waals surface area contributed by atoms with Crippen molar-refractivity contribution in [1.29, 1.82) is 0 Å². The lowest BCUT2D eigenvalue weighted by atomic mass is 9.76. The predicted octanol–water partition coefficient (Wildman–Crippen LogP) is 4.77. The molecule has 0 bridgehead atoms. The maximum Gasteiger partial charge on any atom is 0.251 e. The molecule has 3 aromatic rings. The third-order valence-corrected chi connectivity index (χ3v) is 5.79. The molecule has 1 saturated carbocycles. The molecule has 4 nitrogen and oxygen atoms in total. The Morgan fingerprint density at radius 2 is 1.37 bits per heavy atom. The van der Waals surface area contributed by atoms with Gasteiger partial charge < -0.3 is 10.6 Å². The van der Waals surface area contributed by atoms with Crippen molar-refractivity contribution < 1.29 is 9.59 Å². The van der Waals surface area contributed by atoms with E-state index in [2.05, 4.69) is 41.8 Å². The molecule has 0 atom stereocenters. The smallest absolute Gasteiger partial charge is 0.251 e. The van der Waals surface area contributed by atoms with Gasteiger partial charge in [0.15, 0.2) is 0 Å². The minimum Gasteiger partial charge on any atom is -0.351 e. The van der Waals surface area contributed by atoms with E-state index in [0.29, 0.717) is 12.1 Å². The van der Waals surface area contributed by atoms with Crippen molar-refractivity contribution in [2.45, 2.75) is 25.2 Å². The van der Waals surface area contributed by atoms with Crippen molar-refractivity contribution >= 4 is 17.5 Å². The van der Waals surface area contributed by atoms with Gasteiger partial charge in [0.1, 0.15) is 0 Å². The molecular formula is C26H26N2O2. The quantitative estimate of drug-likeness (QED) is 0.602. The van der Waals surface area contributed by atoms with E-state index in [9.17, 15) is 9.59 Å². The first kappa shape index (κ1) is 19.9. The molecule has 0 aromatic heterocycles. The average molecular weight is 399 g/mol. The van der Waals surface area contributed by atoms with Crippen LogP contribution in [-0.2, 0) is 10.2 Å². The summed E-state index contributed by atoms with van der Waals surface area (Å²) in [5, 5.41) is 6.00. The van der Waals surface area contributed by atoms with Crippen molar-refractivity contribution in [3.05, 3.63) is 102 Å². The van der Waals surface area contributed by atoms with Crippen molar-refractivity contribution in [3.8, 4) is 0 Å². The van der Waals surface area contributed by atoms with Crippen LogP contribution in [0.15, 0.2) is 84.9 Å². The number of carbonyl (C=O) groups excluding carboxylic acids is 2. The van der Waals surface area contributed by atoms with Gasteiger partial charge in [-0.1, -0.05) is 60.7 Å². The predicted molar refractivity (Wildman–Crippen MR) is 119 cm³/mol. The van der Waals surface area contributed by atoms with Gasteiger partial charge in [0, 0.05) is 29.1 Å². The first-order valence-corrected chi connectivity index (χ1v) is 10.4. The minimum absolute atomic E-state index is 0.0636. The van der Waals surface area contributed by atoms with E-state index in [1.165, 1.54) is 0 Å². The molecule has 2 N–H and O–H groups in total. The normalized spacial score (nSPS) is 13.5. The molecule has 0 saturated heterocycles. The minimum atomic E-state index is -0.351. The average Bonchev–Trinajstić information content (AvgIpc) is 3.65. The second kappa shape index (κ2) is 8.54. The second-order valence-electron chi connectivity index (χ2n) is 8.09. The monoisotopic (exact) mass is 398 g/mol. The van der Waals surface area contributed by atoms with Crippen molar-refractivity contribution in [3.63, 3.8) is 0 Å². The first-order chi connectivity index (χ1) is 14.6. The van der Waals surface area contributed by atoms with E-state index in [-0.39, 0.29) is 23.1 Å². The van der Waals surface area contributed by atoms with Gasteiger partial charge in [-0.15, -0.1) is 0 Å². The van der Waals surface area contributed by atoms with Crippen molar-refractivity contribution in [2.24, 2.45) is 5.92 Å². The van der Waals surface area contributed by atoms with Crippen LogP contribution in [0.1, 0.15) is 41.3 Å². The SMILES string of the molecule is CC(CNC(=O)c1ccc(NC(=O)C2CC2)cc1)(c1ccccc1)c1ccccc1. The zero-order valence-corrected chi connectivity index (χ0v) is 17.1. The van der Waals surface area contributed by atoms with Gasteiger partial charge in [-0.3, -0.25) is 9.59 Å². The van der Waals surface area contributed by atoms with E-state index in [4.69, 9.17) is 0 Å². The molecule has 1 fully saturated rings. The number of carbonyl (C=O) groups is 2. The standard InChI is InChI=1S/C26H26N2O2/c1-26(21-8-4-2-5-9-21,22-10-6-3-7-11-22)18-27-24(29)19-14-16-23(17-15-19)28-25(30)20-12-13-20/h2-11,14-17,20H,12-13,18H2,1H3,(H,27,29)(H,28,30). The Morgan fingerprint density at radius 1 is 0.833 bits per heavy atom. The molecule has 2 amide bonds. The molecule has 1 aliphatic carbocycles. The Bertz CT molecular complexity index is 970. The van der Waals surface area contributed by atoms with Gasteiger partial charge in [-0.05, 0) is 55.2 Å². The number of nitrogens with one attached hydrogen (secondary N) is 2. The summed E-state index contributed by atoms with van der Waals surface area (Å²) in [5.74, 6) is 0.0865. The van der Waals surface area contributed by atoms with Gasteiger partial charge in [-0.2, -0.15) is 0 Å². The van der Waals surface area contributed by atoms with Crippen LogP contribution in [0.25, 0.3) is 0 Å². The maximum absolute atomic E-state index is 12.8. The summed E-state index contributed by atoms with van der Waals surface area (Å²) in [6, 6.07) is 27.5. The Balaban J connectivity index is 1.47. The van der Waals surface area contributed by atoms with Crippen molar-refractivity contribution in [1.82, 2.24) is 5.32 Å². The number of hydrogen-bond acceptors (Lipinski definition) is 2. The van der Waals surface area contributed by atoms with E-state index in [1.807, 2.05) is 36.4 Å². The summed E-state index contributed by atoms with van der Waals surface area (Å²) in [4.78, 5) is 24.7. The molecule has 30 heavy (non-hydrogen) atoms. The summed E-state index contributed by atoms with van der Waals surface area (Å²) >= 11 is 0. The summed E-state index contributed by atoms with van der Waals surface area (Å²) in [6.07, 6.45) is 1.93. The lowest BCUT2D eigenvalue weighted by Crippen LogP contribution is -2.39. The Morgan fingerprint density at radius 3 is 1.87 bits per heavy atom. The topological polar surface area (TPSA) is 58.2 Å². The third kappa shape index (κ3) is 4.43. The largest absolute Gasteiger partial charge is 0.351 e. The molecule has 0 aliphatic heterocycles. The van der Waals surface area contributed by atoms with Gasteiger partial charge in [0.05, 0.1) is 0 Å². The van der Waals surface area contributed by atoms with Gasteiger partial charge in [0.2, 0.25) is 5.91 Å². The van der Waals surface area contributed by atoms with Gasteiger partial charge in [0.25, 0.3) is 5.91 Å². The molecule has 0 spiro atoms. The summed E-state index contributed by atoms with van der Waals surface area (Å²) < 4.78 is 0. The number of rotatable bonds is 7. The molecule has 152 valence electrons. The fourth-order valence-corrected chi connectivity index (χ4v) is 3.64. The zero-order chi connectivity index (χ0) is 21.0. The van der Waals surface area contributed by atoms with Gasteiger partial charge in [-0.25, -0.2) is 0 Å². The first-order valence-electron chi connectivity index (χ1n) is 10.4. The summed E-state index contributed by atoms with van der Waals surface area (Å²) in [7, 11) is 0. The molecule has 4 heteroatoms. The third-order valence-electron chi connectivity index (χ3n) is 5.79. The Hall–Kier alpha value is -3.40. The van der Waals surface area contributed by atoms with Crippen LogP contribution in [0.3, 0.4) is 0 Å². The highest BCUT2D eigenvalue weighted by atomic mass is 16.2. The molecular weight excluding hydrogens is 372 g/mol. The fourth-order valence-electron chi connectivity index (χ4n) is 3.64. The molecule has 1 aliphatic rings. The molecule has 4 rings (SSSR count). The highest BCUT2D eigenvalue weighted by Gasteiger charge is 2.30. The van der Waals surface area contributed by atoms with Gasteiger partial charge >= 0.3 is 0 Å². The lowest BCUT2D eigenvalue weighted by molar-refractivity contribution is -0.117. The number of benzene rings is 3. The van der Waals surface area contributed by atoms with Crippen LogP contribution in [0.2, 0.25) is 0 Å². The van der Waals surface area contributed by atoms with Crippen LogP contribution >= 0.6 is 0 Å². The van der Waals surface area contributed by atoms with E-state index < -0.39 is 0 Å². The summed E-state index contributed by atoms with van der Waals surface area (Å²) in [5.41, 5.74) is 3.24. The van der Waals surface area contributed by atoms with Crippen LogP contribution < -0.4 is 10.6 Å². The van der Waals surface area contributed by atoms with Crippen LogP contribution in [0.4, 0.5) is 5.69 Å². The highest BCUT2D eigenvalue weighted by Crippen LogP contribution is 2.32. The Kier molecular flexibility index (Phi) is 5.66. The molecule has 3 aromatic carbocycles. The highest BCUT2D eigenvalue weighted by molar-refractivity contribution is 5.96. The van der Waals surface area contributed by atoms with E-state index in [1.54, 1.807) is 24.3 Å². The molecule has 0 unspecified atom stereocenters. The summed E-state index contributed by atoms with van der Waals surface area (Å²) in [6.45, 7) is 2.62. The number of anilines is 1. The van der Waals surface area contributed by atoms with E-state index in [0.717, 1.165) is 29.7 Å². The number of amides is 2. The fraction of sp³-hybridized carbons (Fsp3) is 0.231.